The maximum Gasteiger partial charge on any atom is 0.233 e. The molecule has 0 bridgehead atoms. The van der Waals surface area contributed by atoms with Gasteiger partial charge in [-0.2, -0.15) is 0 Å². The fraction of sp³-hybridized carbons (Fsp3) is 0.688. The lowest BCUT2D eigenvalue weighted by atomic mass is 9.97. The normalized spacial score (nSPS) is 22.7. The number of hydrogen-bond acceptors (Lipinski definition) is 6. The van der Waals surface area contributed by atoms with Gasteiger partial charge in [-0.25, -0.2) is 0 Å². The first-order valence-electron chi connectivity index (χ1n) is 8.17. The highest BCUT2D eigenvalue weighted by Gasteiger charge is 2.30. The molecule has 2 aliphatic heterocycles. The third kappa shape index (κ3) is 4.10. The van der Waals surface area contributed by atoms with Crippen LogP contribution in [0.1, 0.15) is 25.7 Å². The van der Waals surface area contributed by atoms with Crippen molar-refractivity contribution in [3.8, 4) is 11.8 Å². The van der Waals surface area contributed by atoms with Gasteiger partial charge in [-0.1, -0.05) is 0 Å². The fourth-order valence-electron chi connectivity index (χ4n) is 3.09. The minimum atomic E-state index is -0.0322. The molecule has 1 aromatic heterocycles. The molecule has 1 aromatic rings. The zero-order chi connectivity index (χ0) is 16.1. The molecule has 0 aromatic carbocycles. The second-order valence-electron chi connectivity index (χ2n) is 5.97. The fourth-order valence-corrected chi connectivity index (χ4v) is 3.09. The summed E-state index contributed by atoms with van der Waals surface area (Å²) in [4.78, 5) is 14.5. The Kier molecular flexibility index (Phi) is 5.27. The van der Waals surface area contributed by atoms with Gasteiger partial charge in [0.2, 0.25) is 17.7 Å². The summed E-state index contributed by atoms with van der Waals surface area (Å²) in [6.07, 6.45) is 3.49. The Morgan fingerprint density at radius 3 is 2.65 bits per heavy atom. The van der Waals surface area contributed by atoms with Gasteiger partial charge in [0.1, 0.15) is 6.10 Å². The molecule has 0 N–H and O–H groups in total. The highest BCUT2D eigenvalue weighted by atomic mass is 16.5. The minimum Gasteiger partial charge on any atom is -0.480 e. The van der Waals surface area contributed by atoms with Crippen molar-refractivity contribution in [1.82, 2.24) is 15.1 Å². The van der Waals surface area contributed by atoms with Gasteiger partial charge < -0.3 is 19.1 Å². The highest BCUT2D eigenvalue weighted by molar-refractivity contribution is 5.79. The van der Waals surface area contributed by atoms with E-state index in [1.54, 1.807) is 19.2 Å². The molecule has 1 amide bonds. The molecule has 2 aliphatic rings. The van der Waals surface area contributed by atoms with E-state index in [1.807, 2.05) is 4.90 Å². The average molecular weight is 321 g/mol. The van der Waals surface area contributed by atoms with Crippen LogP contribution in [-0.2, 0) is 9.53 Å². The molecular weight excluding hydrogens is 298 g/mol. The van der Waals surface area contributed by atoms with Crippen molar-refractivity contribution in [3.63, 3.8) is 0 Å². The third-order valence-corrected chi connectivity index (χ3v) is 4.37. The molecule has 3 rings (SSSR count). The van der Waals surface area contributed by atoms with Crippen molar-refractivity contribution in [2.45, 2.75) is 31.8 Å². The van der Waals surface area contributed by atoms with E-state index in [-0.39, 0.29) is 17.9 Å². The molecule has 2 saturated heterocycles. The van der Waals surface area contributed by atoms with Crippen molar-refractivity contribution in [2.75, 3.05) is 33.4 Å². The van der Waals surface area contributed by atoms with Crippen molar-refractivity contribution in [2.24, 2.45) is 5.92 Å². The number of nitrogens with zero attached hydrogens (tertiary/aromatic N) is 3. The van der Waals surface area contributed by atoms with E-state index in [9.17, 15) is 4.79 Å². The second-order valence-corrected chi connectivity index (χ2v) is 5.97. The standard InChI is InChI=1S/C16H23N3O4/c1-21-14-4-5-15(18-17-14)23-13-3-2-8-19(11-13)16(20)12-6-9-22-10-7-12/h4-5,12-13H,2-3,6-11H2,1H3. The summed E-state index contributed by atoms with van der Waals surface area (Å²) in [5.41, 5.74) is 0. The number of piperidine rings is 1. The lowest BCUT2D eigenvalue weighted by Crippen LogP contribution is -2.47. The van der Waals surface area contributed by atoms with Gasteiger partial charge in [0.25, 0.3) is 0 Å². The smallest absolute Gasteiger partial charge is 0.233 e. The number of aromatic nitrogens is 2. The summed E-state index contributed by atoms with van der Waals surface area (Å²) in [6.45, 7) is 2.80. The summed E-state index contributed by atoms with van der Waals surface area (Å²) in [5, 5.41) is 7.88. The molecule has 126 valence electrons. The summed E-state index contributed by atoms with van der Waals surface area (Å²) in [6, 6.07) is 3.46. The Labute approximate surface area is 135 Å². The Balaban J connectivity index is 1.55. The van der Waals surface area contributed by atoms with Crippen LogP contribution in [0.3, 0.4) is 0 Å². The first kappa shape index (κ1) is 16.0. The Morgan fingerprint density at radius 2 is 1.96 bits per heavy atom. The minimum absolute atomic E-state index is 0.0322. The van der Waals surface area contributed by atoms with Crippen LogP contribution in [0.5, 0.6) is 11.8 Å². The van der Waals surface area contributed by atoms with E-state index < -0.39 is 0 Å². The maximum atomic E-state index is 12.6. The predicted octanol–water partition coefficient (Wildman–Crippen LogP) is 1.28. The van der Waals surface area contributed by atoms with Crippen molar-refractivity contribution < 1.29 is 19.0 Å². The number of amides is 1. The molecule has 3 heterocycles. The lowest BCUT2D eigenvalue weighted by Gasteiger charge is -2.35. The quantitative estimate of drug-likeness (QED) is 0.832. The molecule has 1 atom stereocenters. The lowest BCUT2D eigenvalue weighted by molar-refractivity contribution is -0.141. The number of hydrogen-bond donors (Lipinski definition) is 0. The Morgan fingerprint density at radius 1 is 1.22 bits per heavy atom. The van der Waals surface area contributed by atoms with Crippen LogP contribution in [0.2, 0.25) is 0 Å². The van der Waals surface area contributed by atoms with E-state index in [2.05, 4.69) is 10.2 Å². The molecule has 7 heteroatoms. The van der Waals surface area contributed by atoms with Gasteiger partial charge in [0, 0.05) is 37.8 Å². The monoisotopic (exact) mass is 321 g/mol. The van der Waals surface area contributed by atoms with E-state index >= 15 is 0 Å². The molecule has 0 saturated carbocycles. The zero-order valence-corrected chi connectivity index (χ0v) is 13.4. The van der Waals surface area contributed by atoms with Gasteiger partial charge in [-0.15, -0.1) is 10.2 Å². The van der Waals surface area contributed by atoms with Gasteiger partial charge in [0.05, 0.1) is 13.7 Å². The van der Waals surface area contributed by atoms with E-state index in [1.165, 1.54) is 0 Å². The zero-order valence-electron chi connectivity index (χ0n) is 13.4. The molecule has 1 unspecified atom stereocenters. The number of carbonyl (C=O) groups excluding carboxylic acids is 1. The number of likely N-dealkylation sites (tertiary alicyclic amines) is 1. The topological polar surface area (TPSA) is 73.8 Å². The van der Waals surface area contributed by atoms with Crippen LogP contribution in [-0.4, -0.2) is 60.5 Å². The number of ether oxygens (including phenoxy) is 3. The molecule has 0 radical (unpaired) electrons. The van der Waals surface area contributed by atoms with Crippen LogP contribution in [0, 0.1) is 5.92 Å². The van der Waals surface area contributed by atoms with Gasteiger partial charge in [0.15, 0.2) is 0 Å². The van der Waals surface area contributed by atoms with Gasteiger partial charge in [-0.3, -0.25) is 4.79 Å². The maximum absolute atomic E-state index is 12.6. The largest absolute Gasteiger partial charge is 0.480 e. The summed E-state index contributed by atoms with van der Waals surface area (Å²) >= 11 is 0. The summed E-state index contributed by atoms with van der Waals surface area (Å²) in [5.74, 6) is 1.26. The number of methoxy groups -OCH3 is 1. The number of carbonyl (C=O) groups is 1. The van der Waals surface area contributed by atoms with E-state index in [0.29, 0.717) is 31.5 Å². The molecular formula is C16H23N3O4. The van der Waals surface area contributed by atoms with Crippen molar-refractivity contribution >= 4 is 5.91 Å². The van der Waals surface area contributed by atoms with E-state index in [0.717, 1.165) is 32.2 Å². The Hall–Kier alpha value is -1.89. The first-order valence-corrected chi connectivity index (χ1v) is 8.17. The highest BCUT2D eigenvalue weighted by Crippen LogP contribution is 2.22. The molecule has 23 heavy (non-hydrogen) atoms. The second kappa shape index (κ2) is 7.59. The molecule has 0 aliphatic carbocycles. The summed E-state index contributed by atoms with van der Waals surface area (Å²) < 4.78 is 16.2. The SMILES string of the molecule is COc1ccc(OC2CCCN(C(=O)C3CCOCC3)C2)nn1. The molecule has 0 spiro atoms. The van der Waals surface area contributed by atoms with Gasteiger partial charge >= 0.3 is 0 Å². The van der Waals surface area contributed by atoms with Crippen molar-refractivity contribution in [1.29, 1.82) is 0 Å². The third-order valence-electron chi connectivity index (χ3n) is 4.37. The molecule has 7 nitrogen and oxygen atoms in total. The van der Waals surface area contributed by atoms with E-state index in [4.69, 9.17) is 14.2 Å². The first-order chi connectivity index (χ1) is 11.3. The van der Waals surface area contributed by atoms with Crippen LogP contribution in [0.15, 0.2) is 12.1 Å². The molecule has 2 fully saturated rings. The average Bonchev–Trinajstić information content (AvgIpc) is 2.63. The Bertz CT molecular complexity index is 517. The summed E-state index contributed by atoms with van der Waals surface area (Å²) in [7, 11) is 1.55. The predicted molar refractivity (Wildman–Crippen MR) is 82.4 cm³/mol. The van der Waals surface area contributed by atoms with Crippen LogP contribution in [0.4, 0.5) is 0 Å². The van der Waals surface area contributed by atoms with Gasteiger partial charge in [-0.05, 0) is 25.7 Å². The van der Waals surface area contributed by atoms with Crippen LogP contribution >= 0.6 is 0 Å². The van der Waals surface area contributed by atoms with Crippen LogP contribution in [0.25, 0.3) is 0 Å². The van der Waals surface area contributed by atoms with Crippen molar-refractivity contribution in [3.05, 3.63) is 12.1 Å². The van der Waals surface area contributed by atoms with Crippen LogP contribution < -0.4 is 9.47 Å². The number of rotatable bonds is 4.